The van der Waals surface area contributed by atoms with E-state index in [2.05, 4.69) is 59.0 Å². The summed E-state index contributed by atoms with van der Waals surface area (Å²) in [6, 6.07) is 5.24. The summed E-state index contributed by atoms with van der Waals surface area (Å²) < 4.78 is 0. The molecule has 0 saturated heterocycles. The molecular formula is C18H31N. The van der Waals surface area contributed by atoms with Crippen molar-refractivity contribution in [3.63, 3.8) is 0 Å². The fraction of sp³-hybridized carbons (Fsp3) is 0.667. The van der Waals surface area contributed by atoms with Crippen molar-refractivity contribution < 1.29 is 0 Å². The topological polar surface area (TPSA) is 12.0 Å². The fourth-order valence-corrected chi connectivity index (χ4v) is 3.28. The molecule has 1 aromatic rings. The van der Waals surface area contributed by atoms with Crippen LogP contribution >= 0.6 is 0 Å². The maximum absolute atomic E-state index is 3.74. The van der Waals surface area contributed by atoms with Gasteiger partial charge in [-0.05, 0) is 62.8 Å². The maximum atomic E-state index is 3.74. The Morgan fingerprint density at radius 2 is 1.58 bits per heavy atom. The van der Waals surface area contributed by atoms with Gasteiger partial charge in [-0.1, -0.05) is 44.9 Å². The van der Waals surface area contributed by atoms with Crippen molar-refractivity contribution in [3.05, 3.63) is 34.4 Å². The van der Waals surface area contributed by atoms with Crippen molar-refractivity contribution in [2.75, 3.05) is 6.54 Å². The van der Waals surface area contributed by atoms with E-state index in [-0.39, 0.29) is 0 Å². The molecule has 1 aromatic carbocycles. The van der Waals surface area contributed by atoms with Gasteiger partial charge in [0.15, 0.2) is 0 Å². The van der Waals surface area contributed by atoms with Crippen LogP contribution in [0.1, 0.15) is 68.2 Å². The third-order valence-electron chi connectivity index (χ3n) is 4.05. The number of hydrogen-bond acceptors (Lipinski definition) is 1. The largest absolute Gasteiger partial charge is 0.313 e. The second kappa shape index (κ2) is 7.69. The van der Waals surface area contributed by atoms with Gasteiger partial charge in [0.1, 0.15) is 0 Å². The third-order valence-corrected chi connectivity index (χ3v) is 4.05. The van der Waals surface area contributed by atoms with E-state index in [1.165, 1.54) is 36.0 Å². The highest BCUT2D eigenvalue weighted by molar-refractivity contribution is 5.40. The molecule has 0 spiro atoms. The van der Waals surface area contributed by atoms with Crippen LogP contribution in [-0.2, 0) is 0 Å². The summed E-state index contributed by atoms with van der Waals surface area (Å²) in [7, 11) is 0. The van der Waals surface area contributed by atoms with Crippen LogP contribution < -0.4 is 5.32 Å². The molecule has 0 fully saturated rings. The number of nitrogens with one attached hydrogen (secondary N) is 1. The van der Waals surface area contributed by atoms with Crippen molar-refractivity contribution in [2.24, 2.45) is 0 Å². The molecule has 2 atom stereocenters. The van der Waals surface area contributed by atoms with E-state index in [0.717, 1.165) is 6.54 Å². The summed E-state index contributed by atoms with van der Waals surface area (Å²) in [6.45, 7) is 14.7. The van der Waals surface area contributed by atoms with Gasteiger partial charge in [0, 0.05) is 6.04 Å². The second-order valence-electron chi connectivity index (χ2n) is 5.95. The fourth-order valence-electron chi connectivity index (χ4n) is 3.28. The van der Waals surface area contributed by atoms with Crippen molar-refractivity contribution >= 4 is 0 Å². The summed E-state index contributed by atoms with van der Waals surface area (Å²) in [4.78, 5) is 0. The highest BCUT2D eigenvalue weighted by Gasteiger charge is 2.20. The van der Waals surface area contributed by atoms with Gasteiger partial charge < -0.3 is 5.32 Å². The predicted molar refractivity (Wildman–Crippen MR) is 86.1 cm³/mol. The van der Waals surface area contributed by atoms with E-state index < -0.39 is 0 Å². The molecule has 2 unspecified atom stereocenters. The van der Waals surface area contributed by atoms with Crippen molar-refractivity contribution in [2.45, 2.75) is 72.8 Å². The van der Waals surface area contributed by atoms with E-state index in [9.17, 15) is 0 Å². The third kappa shape index (κ3) is 4.35. The van der Waals surface area contributed by atoms with Crippen LogP contribution in [-0.4, -0.2) is 12.6 Å². The lowest BCUT2D eigenvalue weighted by Crippen LogP contribution is -2.34. The van der Waals surface area contributed by atoms with Crippen LogP contribution in [0.5, 0.6) is 0 Å². The van der Waals surface area contributed by atoms with Gasteiger partial charge in [0.05, 0.1) is 0 Å². The lowest BCUT2D eigenvalue weighted by Gasteiger charge is -2.28. The number of rotatable bonds is 7. The van der Waals surface area contributed by atoms with Crippen molar-refractivity contribution in [3.8, 4) is 0 Å². The average Bonchev–Trinajstić information content (AvgIpc) is 2.33. The van der Waals surface area contributed by atoms with Gasteiger partial charge in [-0.3, -0.25) is 0 Å². The molecule has 1 N–H and O–H groups in total. The SMILES string of the molecule is CCCNC(CCC)C(C)c1c(C)cc(C)cc1C. The first-order valence-corrected chi connectivity index (χ1v) is 7.82. The molecule has 0 saturated carbocycles. The minimum absolute atomic E-state index is 0.590. The summed E-state index contributed by atoms with van der Waals surface area (Å²) in [5.74, 6) is 0.590. The Labute approximate surface area is 119 Å². The smallest absolute Gasteiger partial charge is 0.0133 e. The zero-order valence-electron chi connectivity index (χ0n) is 13.6. The lowest BCUT2D eigenvalue weighted by atomic mass is 9.84. The first-order chi connectivity index (χ1) is 9.01. The van der Waals surface area contributed by atoms with Crippen LogP contribution in [0.2, 0.25) is 0 Å². The number of hydrogen-bond donors (Lipinski definition) is 1. The molecule has 0 bridgehead atoms. The normalized spacial score (nSPS) is 14.4. The molecule has 0 aliphatic rings. The van der Waals surface area contributed by atoms with Crippen LogP contribution in [0.3, 0.4) is 0 Å². The first-order valence-electron chi connectivity index (χ1n) is 7.82. The average molecular weight is 261 g/mol. The summed E-state index contributed by atoms with van der Waals surface area (Å²) >= 11 is 0. The van der Waals surface area contributed by atoms with E-state index in [4.69, 9.17) is 0 Å². The molecule has 1 rings (SSSR count). The van der Waals surface area contributed by atoms with E-state index in [1.54, 1.807) is 5.56 Å². The molecule has 1 heteroatoms. The molecular weight excluding hydrogens is 230 g/mol. The number of aryl methyl sites for hydroxylation is 3. The number of benzene rings is 1. The van der Waals surface area contributed by atoms with Gasteiger partial charge in [-0.25, -0.2) is 0 Å². The standard InChI is InChI=1S/C18H31N/c1-7-9-17(19-10-8-2)16(6)18-14(4)11-13(3)12-15(18)5/h11-12,16-17,19H,7-10H2,1-6H3. The molecule has 0 amide bonds. The van der Waals surface area contributed by atoms with Gasteiger partial charge in [0.2, 0.25) is 0 Å². The van der Waals surface area contributed by atoms with Gasteiger partial charge in [-0.2, -0.15) is 0 Å². The summed E-state index contributed by atoms with van der Waals surface area (Å²) in [6.07, 6.45) is 3.71. The molecule has 0 radical (unpaired) electrons. The quantitative estimate of drug-likeness (QED) is 0.737. The van der Waals surface area contributed by atoms with Crippen LogP contribution in [0, 0.1) is 20.8 Å². The molecule has 0 heterocycles. The Bertz CT molecular complexity index is 372. The summed E-state index contributed by atoms with van der Waals surface area (Å²) in [5, 5.41) is 3.74. The molecule has 19 heavy (non-hydrogen) atoms. The molecule has 108 valence electrons. The molecule has 0 aromatic heterocycles. The zero-order chi connectivity index (χ0) is 14.4. The van der Waals surface area contributed by atoms with Crippen LogP contribution in [0.25, 0.3) is 0 Å². The van der Waals surface area contributed by atoms with Crippen LogP contribution in [0.4, 0.5) is 0 Å². The van der Waals surface area contributed by atoms with Crippen molar-refractivity contribution in [1.82, 2.24) is 5.32 Å². The Morgan fingerprint density at radius 1 is 1.00 bits per heavy atom. The van der Waals surface area contributed by atoms with E-state index >= 15 is 0 Å². The van der Waals surface area contributed by atoms with Crippen LogP contribution in [0.15, 0.2) is 12.1 Å². The Hall–Kier alpha value is -0.820. The van der Waals surface area contributed by atoms with E-state index in [0.29, 0.717) is 12.0 Å². The predicted octanol–water partition coefficient (Wildman–Crippen LogP) is 4.88. The van der Waals surface area contributed by atoms with Gasteiger partial charge >= 0.3 is 0 Å². The summed E-state index contributed by atoms with van der Waals surface area (Å²) in [5.41, 5.74) is 5.82. The Morgan fingerprint density at radius 3 is 2.05 bits per heavy atom. The van der Waals surface area contributed by atoms with Crippen molar-refractivity contribution in [1.29, 1.82) is 0 Å². The Kier molecular flexibility index (Phi) is 6.57. The minimum atomic E-state index is 0.590. The maximum Gasteiger partial charge on any atom is 0.0133 e. The van der Waals surface area contributed by atoms with E-state index in [1.807, 2.05) is 0 Å². The molecule has 1 nitrogen and oxygen atoms in total. The second-order valence-corrected chi connectivity index (χ2v) is 5.95. The highest BCUT2D eigenvalue weighted by atomic mass is 14.9. The van der Waals surface area contributed by atoms with Gasteiger partial charge in [0.25, 0.3) is 0 Å². The highest BCUT2D eigenvalue weighted by Crippen LogP contribution is 2.29. The molecule has 0 aliphatic heterocycles. The zero-order valence-corrected chi connectivity index (χ0v) is 13.6. The first kappa shape index (κ1) is 16.2. The molecule has 0 aliphatic carbocycles. The Balaban J connectivity index is 2.98. The minimum Gasteiger partial charge on any atom is -0.313 e. The lowest BCUT2D eigenvalue weighted by molar-refractivity contribution is 0.419. The monoisotopic (exact) mass is 261 g/mol. The van der Waals surface area contributed by atoms with Gasteiger partial charge in [-0.15, -0.1) is 0 Å².